The van der Waals surface area contributed by atoms with Crippen molar-refractivity contribution in [3.63, 3.8) is 0 Å². The van der Waals surface area contributed by atoms with Gasteiger partial charge in [0.1, 0.15) is 17.2 Å². The third-order valence-corrected chi connectivity index (χ3v) is 5.22. The number of ether oxygens (including phenoxy) is 1. The molecule has 7 heteroatoms. The fourth-order valence-corrected chi connectivity index (χ4v) is 3.74. The number of nitrogens with one attached hydrogen (secondary N) is 1. The molecule has 0 amide bonds. The van der Waals surface area contributed by atoms with E-state index < -0.39 is 10.0 Å². The second kappa shape index (κ2) is 7.44. The molecule has 27 heavy (non-hydrogen) atoms. The van der Waals surface area contributed by atoms with Crippen LogP contribution in [0.1, 0.15) is 25.5 Å². The maximum Gasteiger partial charge on any atom is 0.261 e. The first-order chi connectivity index (χ1) is 12.7. The van der Waals surface area contributed by atoms with Crippen LogP contribution in [0.5, 0.6) is 5.75 Å². The zero-order valence-electron chi connectivity index (χ0n) is 15.7. The summed E-state index contributed by atoms with van der Waals surface area (Å²) in [5, 5.41) is 0. The lowest BCUT2D eigenvalue weighted by Gasteiger charge is -2.11. The van der Waals surface area contributed by atoms with Crippen molar-refractivity contribution in [3.05, 3.63) is 60.2 Å². The molecule has 0 saturated carbocycles. The van der Waals surface area contributed by atoms with Crippen LogP contribution in [-0.4, -0.2) is 19.5 Å². The average molecular weight is 386 g/mol. The van der Waals surface area contributed by atoms with Gasteiger partial charge in [0.25, 0.3) is 10.0 Å². The van der Waals surface area contributed by atoms with E-state index in [0.29, 0.717) is 28.8 Å². The minimum Gasteiger partial charge on any atom is -0.491 e. The monoisotopic (exact) mass is 386 g/mol. The normalized spacial score (nSPS) is 11.6. The third-order valence-electron chi connectivity index (χ3n) is 3.82. The van der Waals surface area contributed by atoms with Gasteiger partial charge in [0.15, 0.2) is 5.89 Å². The summed E-state index contributed by atoms with van der Waals surface area (Å²) in [6.07, 6.45) is 0.0585. The van der Waals surface area contributed by atoms with Gasteiger partial charge in [0, 0.05) is 18.2 Å². The zero-order valence-corrected chi connectivity index (χ0v) is 16.5. The zero-order chi connectivity index (χ0) is 19.6. The lowest BCUT2D eigenvalue weighted by molar-refractivity contribution is 0.242. The van der Waals surface area contributed by atoms with Crippen LogP contribution in [0.25, 0.3) is 11.3 Å². The predicted molar refractivity (Wildman–Crippen MR) is 104 cm³/mol. The van der Waals surface area contributed by atoms with Gasteiger partial charge >= 0.3 is 0 Å². The summed E-state index contributed by atoms with van der Waals surface area (Å²) < 4.78 is 38.8. The van der Waals surface area contributed by atoms with E-state index in [1.54, 1.807) is 55.5 Å². The first-order valence-corrected chi connectivity index (χ1v) is 10.1. The number of hydrogen-bond donors (Lipinski definition) is 1. The molecule has 142 valence electrons. The minimum atomic E-state index is -3.69. The van der Waals surface area contributed by atoms with Gasteiger partial charge < -0.3 is 9.15 Å². The fraction of sp³-hybridized carbons (Fsp3) is 0.250. The Morgan fingerprint density at radius 1 is 1.00 bits per heavy atom. The number of rotatable bonds is 6. The lowest BCUT2D eigenvalue weighted by atomic mass is 10.1. The van der Waals surface area contributed by atoms with Gasteiger partial charge in [-0.3, -0.25) is 4.72 Å². The summed E-state index contributed by atoms with van der Waals surface area (Å²) in [6.45, 7) is 7.47. The highest BCUT2D eigenvalue weighted by Gasteiger charge is 2.16. The Balaban J connectivity index is 1.77. The number of sulfonamides is 1. The van der Waals surface area contributed by atoms with Gasteiger partial charge in [-0.15, -0.1) is 0 Å². The number of benzene rings is 2. The van der Waals surface area contributed by atoms with E-state index in [4.69, 9.17) is 9.15 Å². The Kier molecular flexibility index (Phi) is 5.23. The van der Waals surface area contributed by atoms with Crippen LogP contribution < -0.4 is 9.46 Å². The summed E-state index contributed by atoms with van der Waals surface area (Å²) in [4.78, 5) is 4.50. The number of anilines is 1. The van der Waals surface area contributed by atoms with Crippen molar-refractivity contribution < 1.29 is 17.6 Å². The van der Waals surface area contributed by atoms with E-state index in [1.165, 1.54) is 0 Å². The van der Waals surface area contributed by atoms with Crippen LogP contribution in [0.15, 0.2) is 57.8 Å². The topological polar surface area (TPSA) is 81.4 Å². The van der Waals surface area contributed by atoms with E-state index >= 15 is 0 Å². The van der Waals surface area contributed by atoms with Crippen molar-refractivity contribution in [2.45, 2.75) is 38.7 Å². The Bertz CT molecular complexity index is 1020. The van der Waals surface area contributed by atoms with Gasteiger partial charge in [0.2, 0.25) is 0 Å². The highest BCUT2D eigenvalue weighted by Crippen LogP contribution is 2.25. The van der Waals surface area contributed by atoms with Gasteiger partial charge in [-0.25, -0.2) is 13.4 Å². The smallest absolute Gasteiger partial charge is 0.261 e. The molecule has 0 aliphatic rings. The van der Waals surface area contributed by atoms with E-state index in [0.717, 1.165) is 5.56 Å². The quantitative estimate of drug-likeness (QED) is 0.672. The second-order valence-corrected chi connectivity index (χ2v) is 8.14. The van der Waals surface area contributed by atoms with E-state index in [9.17, 15) is 8.42 Å². The minimum absolute atomic E-state index is 0.0585. The molecule has 6 nitrogen and oxygen atoms in total. The van der Waals surface area contributed by atoms with Crippen LogP contribution in [0, 0.1) is 13.8 Å². The Morgan fingerprint density at radius 2 is 1.63 bits per heavy atom. The molecule has 3 rings (SSSR count). The summed E-state index contributed by atoms with van der Waals surface area (Å²) in [6, 6.07) is 13.4. The fourth-order valence-electron chi connectivity index (χ4n) is 2.68. The summed E-state index contributed by atoms with van der Waals surface area (Å²) >= 11 is 0. The van der Waals surface area contributed by atoms with Crippen LogP contribution in [0.4, 0.5) is 5.69 Å². The van der Waals surface area contributed by atoms with Crippen LogP contribution in [0.3, 0.4) is 0 Å². The molecule has 2 aromatic carbocycles. The molecule has 0 aliphatic carbocycles. The Labute approximate surface area is 159 Å². The Hall–Kier alpha value is -2.80. The van der Waals surface area contributed by atoms with Gasteiger partial charge in [-0.1, -0.05) is 12.1 Å². The average Bonchev–Trinajstić information content (AvgIpc) is 2.94. The maximum absolute atomic E-state index is 12.6. The van der Waals surface area contributed by atoms with Crippen molar-refractivity contribution in [1.29, 1.82) is 0 Å². The van der Waals surface area contributed by atoms with Crippen LogP contribution in [0.2, 0.25) is 0 Å². The van der Waals surface area contributed by atoms with Crippen molar-refractivity contribution in [3.8, 4) is 17.0 Å². The highest BCUT2D eigenvalue weighted by molar-refractivity contribution is 7.92. The first-order valence-electron chi connectivity index (χ1n) is 8.58. The van der Waals surface area contributed by atoms with Crippen LogP contribution >= 0.6 is 0 Å². The second-order valence-electron chi connectivity index (χ2n) is 6.46. The predicted octanol–water partition coefficient (Wildman–Crippen LogP) is 4.55. The molecule has 0 atom stereocenters. The molecule has 0 unspecified atom stereocenters. The van der Waals surface area contributed by atoms with Crippen molar-refractivity contribution in [2.24, 2.45) is 0 Å². The van der Waals surface area contributed by atoms with E-state index in [-0.39, 0.29) is 11.0 Å². The number of nitrogens with zero attached hydrogens (tertiary/aromatic N) is 1. The Morgan fingerprint density at radius 3 is 2.15 bits per heavy atom. The SMILES string of the molecule is Cc1nc(-c2ccc(S(=O)(=O)Nc3ccc(OC(C)C)cc3)cc2)c(C)o1. The molecule has 0 fully saturated rings. The third kappa shape index (κ3) is 4.49. The molecule has 0 bridgehead atoms. The van der Waals surface area contributed by atoms with Gasteiger partial charge in [-0.2, -0.15) is 0 Å². The summed E-state index contributed by atoms with van der Waals surface area (Å²) in [5.41, 5.74) is 1.99. The molecule has 0 radical (unpaired) electrons. The number of aromatic nitrogens is 1. The number of oxazole rings is 1. The van der Waals surface area contributed by atoms with E-state index in [1.807, 2.05) is 20.8 Å². The summed E-state index contributed by atoms with van der Waals surface area (Å²) in [5.74, 6) is 1.96. The maximum atomic E-state index is 12.6. The van der Waals surface area contributed by atoms with Gasteiger partial charge in [0.05, 0.1) is 11.0 Å². The molecular formula is C20H22N2O4S. The molecule has 1 N–H and O–H groups in total. The van der Waals surface area contributed by atoms with E-state index in [2.05, 4.69) is 9.71 Å². The largest absolute Gasteiger partial charge is 0.491 e. The number of aryl methyl sites for hydroxylation is 2. The standard InChI is InChI=1S/C20H22N2O4S/c1-13(2)25-18-9-7-17(8-10-18)22-27(23,24)19-11-5-16(6-12-19)20-14(3)26-15(4)21-20/h5-13,22H,1-4H3. The molecular weight excluding hydrogens is 364 g/mol. The van der Waals surface area contributed by atoms with Gasteiger partial charge in [-0.05, 0) is 57.2 Å². The molecule has 1 heterocycles. The number of hydrogen-bond acceptors (Lipinski definition) is 5. The summed E-state index contributed by atoms with van der Waals surface area (Å²) in [7, 11) is -3.69. The molecule has 3 aromatic rings. The first kappa shape index (κ1) is 19.0. The van der Waals surface area contributed by atoms with Crippen molar-refractivity contribution in [1.82, 2.24) is 4.98 Å². The molecule has 1 aromatic heterocycles. The molecule has 0 spiro atoms. The molecule has 0 saturated heterocycles. The van der Waals surface area contributed by atoms with Crippen molar-refractivity contribution in [2.75, 3.05) is 4.72 Å². The molecule has 0 aliphatic heterocycles. The highest BCUT2D eigenvalue weighted by atomic mass is 32.2. The van der Waals surface area contributed by atoms with Crippen LogP contribution in [-0.2, 0) is 10.0 Å². The lowest BCUT2D eigenvalue weighted by Crippen LogP contribution is -2.13. The van der Waals surface area contributed by atoms with Crippen molar-refractivity contribution >= 4 is 15.7 Å².